The van der Waals surface area contributed by atoms with E-state index >= 15 is 0 Å². The summed E-state index contributed by atoms with van der Waals surface area (Å²) >= 11 is 2.22. The standard InChI is InChI=1S/C7H13IO2/c1-5(2)7(9)10-4-6(3)8/h5-6H,4H2,1-3H3/t6-/m1/s1. The number of hydrogen-bond donors (Lipinski definition) is 0. The van der Waals surface area contributed by atoms with Gasteiger partial charge in [0.05, 0.1) is 5.92 Å². The van der Waals surface area contributed by atoms with Crippen molar-refractivity contribution in [2.24, 2.45) is 5.92 Å². The van der Waals surface area contributed by atoms with Crippen molar-refractivity contribution < 1.29 is 9.53 Å². The molecular formula is C7H13IO2. The number of rotatable bonds is 3. The Bertz CT molecular complexity index is 110. The monoisotopic (exact) mass is 256 g/mol. The molecule has 0 saturated carbocycles. The van der Waals surface area contributed by atoms with E-state index in [9.17, 15) is 4.79 Å². The summed E-state index contributed by atoms with van der Waals surface area (Å²) in [5.74, 6) is -0.112. The van der Waals surface area contributed by atoms with Crippen LogP contribution in [0, 0.1) is 5.92 Å². The van der Waals surface area contributed by atoms with Gasteiger partial charge in [-0.15, -0.1) is 0 Å². The lowest BCUT2D eigenvalue weighted by Gasteiger charge is -2.07. The largest absolute Gasteiger partial charge is 0.464 e. The van der Waals surface area contributed by atoms with Crippen LogP contribution in [0.1, 0.15) is 20.8 Å². The molecular weight excluding hydrogens is 243 g/mol. The van der Waals surface area contributed by atoms with Crippen LogP contribution in [0.15, 0.2) is 0 Å². The first-order valence-corrected chi connectivity index (χ1v) is 4.59. The molecule has 3 heteroatoms. The van der Waals surface area contributed by atoms with Gasteiger partial charge in [-0.2, -0.15) is 0 Å². The van der Waals surface area contributed by atoms with Crippen molar-refractivity contribution in [3.63, 3.8) is 0 Å². The first-order chi connectivity index (χ1) is 4.54. The highest BCUT2D eigenvalue weighted by Gasteiger charge is 2.08. The Labute approximate surface area is 75.5 Å². The Morgan fingerprint density at radius 2 is 2.00 bits per heavy atom. The van der Waals surface area contributed by atoms with Gasteiger partial charge in [0.1, 0.15) is 6.61 Å². The lowest BCUT2D eigenvalue weighted by molar-refractivity contribution is -0.147. The van der Waals surface area contributed by atoms with E-state index in [1.807, 2.05) is 20.8 Å². The van der Waals surface area contributed by atoms with E-state index in [0.29, 0.717) is 10.5 Å². The third kappa shape index (κ3) is 5.02. The fourth-order valence-electron chi connectivity index (χ4n) is 0.364. The highest BCUT2D eigenvalue weighted by atomic mass is 127. The number of alkyl halides is 1. The molecule has 0 saturated heterocycles. The molecule has 0 aliphatic rings. The number of ether oxygens (including phenoxy) is 1. The molecule has 0 N–H and O–H groups in total. The minimum absolute atomic E-state index is 0.00449. The average Bonchev–Trinajstić information content (AvgIpc) is 1.82. The highest BCUT2D eigenvalue weighted by molar-refractivity contribution is 14.1. The van der Waals surface area contributed by atoms with E-state index in [2.05, 4.69) is 22.6 Å². The van der Waals surface area contributed by atoms with Crippen molar-refractivity contribution in [1.82, 2.24) is 0 Å². The topological polar surface area (TPSA) is 26.3 Å². The maximum Gasteiger partial charge on any atom is 0.308 e. The maximum absolute atomic E-state index is 10.8. The van der Waals surface area contributed by atoms with E-state index in [1.54, 1.807) is 0 Å². The Morgan fingerprint density at radius 1 is 1.50 bits per heavy atom. The van der Waals surface area contributed by atoms with Gasteiger partial charge in [-0.05, 0) is 0 Å². The SMILES string of the molecule is CC(C)C(=O)OC[C@@H](C)I. The van der Waals surface area contributed by atoms with Crippen LogP contribution in [0.4, 0.5) is 0 Å². The Kier molecular flexibility index (Phi) is 5.03. The molecule has 0 aromatic carbocycles. The summed E-state index contributed by atoms with van der Waals surface area (Å²) in [5.41, 5.74) is 0. The van der Waals surface area contributed by atoms with Gasteiger partial charge in [0.15, 0.2) is 0 Å². The van der Waals surface area contributed by atoms with Crippen molar-refractivity contribution in [2.45, 2.75) is 24.7 Å². The quantitative estimate of drug-likeness (QED) is 0.438. The molecule has 0 heterocycles. The van der Waals surface area contributed by atoms with Crippen LogP contribution in [0.2, 0.25) is 0 Å². The molecule has 0 amide bonds. The molecule has 0 aromatic rings. The Balaban J connectivity index is 3.40. The lowest BCUT2D eigenvalue weighted by atomic mass is 10.2. The second kappa shape index (κ2) is 4.93. The summed E-state index contributed by atoms with van der Waals surface area (Å²) in [6.07, 6.45) is 0. The van der Waals surface area contributed by atoms with Crippen LogP contribution in [0.3, 0.4) is 0 Å². The summed E-state index contributed by atoms with van der Waals surface area (Å²) in [6.45, 7) is 6.20. The van der Waals surface area contributed by atoms with Crippen molar-refractivity contribution in [1.29, 1.82) is 0 Å². The van der Waals surface area contributed by atoms with Crippen molar-refractivity contribution in [3.8, 4) is 0 Å². The fourth-order valence-corrected chi connectivity index (χ4v) is 0.543. The molecule has 1 atom stereocenters. The molecule has 0 aliphatic heterocycles. The van der Waals surface area contributed by atoms with Gasteiger partial charge in [-0.3, -0.25) is 4.79 Å². The van der Waals surface area contributed by atoms with Crippen LogP contribution in [-0.2, 0) is 9.53 Å². The zero-order valence-electron chi connectivity index (χ0n) is 6.56. The van der Waals surface area contributed by atoms with Gasteiger partial charge in [-0.1, -0.05) is 43.4 Å². The summed E-state index contributed by atoms with van der Waals surface area (Å²) in [4.78, 5) is 10.8. The maximum atomic E-state index is 10.8. The minimum atomic E-state index is -0.108. The molecule has 0 radical (unpaired) electrons. The molecule has 0 unspecified atom stereocenters. The van der Waals surface area contributed by atoms with E-state index in [4.69, 9.17) is 4.74 Å². The smallest absolute Gasteiger partial charge is 0.308 e. The molecule has 2 nitrogen and oxygen atoms in total. The highest BCUT2D eigenvalue weighted by Crippen LogP contribution is 2.01. The molecule has 0 rings (SSSR count). The molecule has 0 bridgehead atoms. The number of hydrogen-bond acceptors (Lipinski definition) is 2. The van der Waals surface area contributed by atoms with Crippen LogP contribution < -0.4 is 0 Å². The van der Waals surface area contributed by atoms with Crippen LogP contribution >= 0.6 is 22.6 Å². The molecule has 60 valence electrons. The first-order valence-electron chi connectivity index (χ1n) is 3.34. The Hall–Kier alpha value is 0.200. The third-order valence-corrected chi connectivity index (χ3v) is 1.29. The first kappa shape index (κ1) is 10.2. The number of halogens is 1. The zero-order valence-corrected chi connectivity index (χ0v) is 8.71. The normalized spacial score (nSPS) is 13.3. The summed E-state index contributed by atoms with van der Waals surface area (Å²) in [7, 11) is 0. The minimum Gasteiger partial charge on any atom is -0.464 e. The average molecular weight is 256 g/mol. The molecule has 0 aromatic heterocycles. The third-order valence-electron chi connectivity index (χ3n) is 0.927. The van der Waals surface area contributed by atoms with Gasteiger partial charge in [0.25, 0.3) is 0 Å². The molecule has 0 fully saturated rings. The summed E-state index contributed by atoms with van der Waals surface area (Å²) in [6, 6.07) is 0. The van der Waals surface area contributed by atoms with E-state index in [0.717, 1.165) is 0 Å². The summed E-state index contributed by atoms with van der Waals surface area (Å²) < 4.78 is 5.32. The predicted octanol–water partition coefficient (Wildman–Crippen LogP) is 2.01. The van der Waals surface area contributed by atoms with Gasteiger partial charge in [-0.25, -0.2) is 0 Å². The van der Waals surface area contributed by atoms with E-state index in [1.165, 1.54) is 0 Å². The zero-order chi connectivity index (χ0) is 8.15. The molecule has 0 spiro atoms. The number of carbonyl (C=O) groups is 1. The van der Waals surface area contributed by atoms with Crippen LogP contribution in [0.25, 0.3) is 0 Å². The molecule has 10 heavy (non-hydrogen) atoms. The van der Waals surface area contributed by atoms with Crippen molar-refractivity contribution in [2.75, 3.05) is 6.61 Å². The fraction of sp³-hybridized carbons (Fsp3) is 0.857. The Morgan fingerprint density at radius 3 is 2.30 bits per heavy atom. The summed E-state index contributed by atoms with van der Waals surface area (Å²) in [5, 5.41) is 0. The predicted molar refractivity (Wildman–Crippen MR) is 49.3 cm³/mol. The number of carbonyl (C=O) groups excluding carboxylic acids is 1. The van der Waals surface area contributed by atoms with Crippen molar-refractivity contribution >= 4 is 28.6 Å². The molecule has 0 aliphatic carbocycles. The van der Waals surface area contributed by atoms with Gasteiger partial charge in [0, 0.05) is 3.92 Å². The van der Waals surface area contributed by atoms with E-state index < -0.39 is 0 Å². The second-order valence-corrected chi connectivity index (χ2v) is 4.69. The van der Waals surface area contributed by atoms with Gasteiger partial charge >= 0.3 is 5.97 Å². The van der Waals surface area contributed by atoms with Gasteiger partial charge in [0.2, 0.25) is 0 Å². The van der Waals surface area contributed by atoms with Crippen molar-refractivity contribution in [3.05, 3.63) is 0 Å². The van der Waals surface area contributed by atoms with Crippen LogP contribution in [0.5, 0.6) is 0 Å². The van der Waals surface area contributed by atoms with E-state index in [-0.39, 0.29) is 11.9 Å². The lowest BCUT2D eigenvalue weighted by Crippen LogP contribution is -2.15. The van der Waals surface area contributed by atoms with Gasteiger partial charge < -0.3 is 4.74 Å². The second-order valence-electron chi connectivity index (χ2n) is 2.57. The van der Waals surface area contributed by atoms with Crippen LogP contribution in [-0.4, -0.2) is 16.5 Å². The number of esters is 1.